The van der Waals surface area contributed by atoms with Crippen molar-refractivity contribution >= 4 is 28.2 Å². The van der Waals surface area contributed by atoms with E-state index in [-0.39, 0.29) is 11.3 Å². The monoisotopic (exact) mass is 291 g/mol. The molecule has 0 fully saturated rings. The number of hydrogen-bond donors (Lipinski definition) is 2. The van der Waals surface area contributed by atoms with Crippen LogP contribution >= 0.6 is 11.3 Å². The van der Waals surface area contributed by atoms with Crippen molar-refractivity contribution in [1.82, 2.24) is 15.2 Å². The summed E-state index contributed by atoms with van der Waals surface area (Å²) < 4.78 is 0. The van der Waals surface area contributed by atoms with Crippen molar-refractivity contribution in [2.24, 2.45) is 0 Å². The van der Waals surface area contributed by atoms with Gasteiger partial charge in [0, 0.05) is 23.7 Å². The van der Waals surface area contributed by atoms with Gasteiger partial charge in [-0.15, -0.1) is 10.2 Å². The molecular formula is C13H17N5OS. The number of rotatable bonds is 3. The summed E-state index contributed by atoms with van der Waals surface area (Å²) in [5, 5.41) is 13.7. The van der Waals surface area contributed by atoms with Gasteiger partial charge in [-0.1, -0.05) is 32.1 Å². The first-order chi connectivity index (χ1) is 9.40. The Morgan fingerprint density at radius 3 is 2.60 bits per heavy atom. The second-order valence-corrected chi connectivity index (χ2v) is 6.16. The van der Waals surface area contributed by atoms with Crippen LogP contribution < -0.4 is 10.6 Å². The number of pyridine rings is 1. The molecule has 0 aromatic carbocycles. The third kappa shape index (κ3) is 3.30. The molecule has 0 aliphatic heterocycles. The molecule has 1 amide bonds. The van der Waals surface area contributed by atoms with Crippen LogP contribution in [-0.2, 0) is 5.41 Å². The number of anilines is 2. The number of aromatic nitrogens is 3. The van der Waals surface area contributed by atoms with E-state index >= 15 is 0 Å². The Labute approximate surface area is 121 Å². The lowest BCUT2D eigenvalue weighted by atomic mass is 9.90. The number of nitrogens with one attached hydrogen (secondary N) is 2. The standard InChI is InChI=1S/C13H17N5OS/c1-13(2,3)9-5-8(6-10(14-4)16-9)11(19)17-12-18-15-7-20-12/h5-7H,1-4H3,(H,14,16)(H,17,18,19). The highest BCUT2D eigenvalue weighted by molar-refractivity contribution is 7.13. The van der Waals surface area contributed by atoms with Crippen molar-refractivity contribution in [2.75, 3.05) is 17.7 Å². The van der Waals surface area contributed by atoms with Crippen molar-refractivity contribution in [1.29, 1.82) is 0 Å². The molecule has 0 saturated heterocycles. The maximum atomic E-state index is 12.2. The van der Waals surface area contributed by atoms with Crippen molar-refractivity contribution in [2.45, 2.75) is 26.2 Å². The highest BCUT2D eigenvalue weighted by Crippen LogP contribution is 2.23. The first-order valence-corrected chi connectivity index (χ1v) is 7.06. The molecule has 0 atom stereocenters. The van der Waals surface area contributed by atoms with Crippen molar-refractivity contribution in [3.05, 3.63) is 28.9 Å². The summed E-state index contributed by atoms with van der Waals surface area (Å²) in [5.41, 5.74) is 2.84. The average Bonchev–Trinajstić information content (AvgIpc) is 2.90. The zero-order valence-electron chi connectivity index (χ0n) is 11.9. The topological polar surface area (TPSA) is 79.8 Å². The molecule has 0 bridgehead atoms. The predicted molar refractivity (Wildman–Crippen MR) is 80.3 cm³/mol. The molecule has 2 aromatic heterocycles. The Morgan fingerprint density at radius 1 is 1.30 bits per heavy atom. The third-order valence-corrected chi connectivity index (χ3v) is 3.30. The average molecular weight is 291 g/mol. The second kappa shape index (κ2) is 5.54. The molecule has 20 heavy (non-hydrogen) atoms. The summed E-state index contributed by atoms with van der Waals surface area (Å²) >= 11 is 1.28. The van der Waals surface area contributed by atoms with Gasteiger partial charge in [-0.3, -0.25) is 10.1 Å². The molecule has 0 spiro atoms. The third-order valence-electron chi connectivity index (χ3n) is 2.69. The SMILES string of the molecule is CNc1cc(C(=O)Nc2nncs2)cc(C(C)(C)C)n1. The summed E-state index contributed by atoms with van der Waals surface area (Å²) in [7, 11) is 1.78. The fourth-order valence-corrected chi connectivity index (χ4v) is 2.01. The van der Waals surface area contributed by atoms with Crippen LogP contribution in [0.2, 0.25) is 0 Å². The van der Waals surface area contributed by atoms with Gasteiger partial charge >= 0.3 is 0 Å². The molecule has 0 saturated carbocycles. The molecule has 2 aromatic rings. The van der Waals surface area contributed by atoms with Gasteiger partial charge in [-0.25, -0.2) is 4.98 Å². The van der Waals surface area contributed by atoms with Crippen LogP contribution in [0.4, 0.5) is 10.9 Å². The number of amides is 1. The predicted octanol–water partition coefficient (Wildman–Crippen LogP) is 2.52. The first-order valence-electron chi connectivity index (χ1n) is 6.18. The Hall–Kier alpha value is -2.02. The van der Waals surface area contributed by atoms with Gasteiger partial charge in [-0.05, 0) is 12.1 Å². The largest absolute Gasteiger partial charge is 0.373 e. The van der Waals surface area contributed by atoms with E-state index < -0.39 is 0 Å². The van der Waals surface area contributed by atoms with Gasteiger partial charge in [0.15, 0.2) is 0 Å². The van der Waals surface area contributed by atoms with Gasteiger partial charge in [-0.2, -0.15) is 0 Å². The van der Waals surface area contributed by atoms with Crippen LogP contribution in [-0.4, -0.2) is 28.1 Å². The number of nitrogens with zero attached hydrogens (tertiary/aromatic N) is 3. The smallest absolute Gasteiger partial charge is 0.257 e. The number of carbonyl (C=O) groups excluding carboxylic acids is 1. The van der Waals surface area contributed by atoms with Crippen LogP contribution in [0.15, 0.2) is 17.6 Å². The Bertz CT molecular complexity index is 604. The van der Waals surface area contributed by atoms with E-state index in [1.807, 2.05) is 0 Å². The van der Waals surface area contributed by atoms with Gasteiger partial charge < -0.3 is 5.32 Å². The van der Waals surface area contributed by atoms with Crippen molar-refractivity contribution in [3.8, 4) is 0 Å². The van der Waals surface area contributed by atoms with E-state index in [4.69, 9.17) is 0 Å². The summed E-state index contributed by atoms with van der Waals surface area (Å²) in [6.45, 7) is 6.17. The lowest BCUT2D eigenvalue weighted by Gasteiger charge is -2.19. The summed E-state index contributed by atoms with van der Waals surface area (Å²) in [5.74, 6) is 0.450. The molecule has 0 aliphatic carbocycles. The minimum absolute atomic E-state index is 0.134. The van der Waals surface area contributed by atoms with Crippen LogP contribution in [0.25, 0.3) is 0 Å². The van der Waals surface area contributed by atoms with Crippen LogP contribution in [0.1, 0.15) is 36.8 Å². The maximum Gasteiger partial charge on any atom is 0.257 e. The number of hydrogen-bond acceptors (Lipinski definition) is 6. The maximum absolute atomic E-state index is 12.2. The molecule has 2 N–H and O–H groups in total. The quantitative estimate of drug-likeness (QED) is 0.908. The fraction of sp³-hybridized carbons (Fsp3) is 0.385. The summed E-state index contributed by atoms with van der Waals surface area (Å²) in [6.07, 6.45) is 0. The normalized spacial score (nSPS) is 11.2. The van der Waals surface area contributed by atoms with E-state index in [0.29, 0.717) is 16.5 Å². The molecule has 2 rings (SSSR count). The van der Waals surface area contributed by atoms with Crippen molar-refractivity contribution in [3.63, 3.8) is 0 Å². The van der Waals surface area contributed by atoms with Gasteiger partial charge in [0.2, 0.25) is 5.13 Å². The molecule has 0 radical (unpaired) electrons. The highest BCUT2D eigenvalue weighted by atomic mass is 32.1. The molecule has 0 aliphatic rings. The van der Waals surface area contributed by atoms with Crippen molar-refractivity contribution < 1.29 is 4.79 Å². The Morgan fingerprint density at radius 2 is 2.05 bits per heavy atom. The molecular weight excluding hydrogens is 274 g/mol. The van der Waals surface area contributed by atoms with Crippen LogP contribution in [0.3, 0.4) is 0 Å². The number of carbonyl (C=O) groups is 1. The van der Waals surface area contributed by atoms with Gasteiger partial charge in [0.1, 0.15) is 11.3 Å². The van der Waals surface area contributed by atoms with Crippen LogP contribution in [0.5, 0.6) is 0 Å². The second-order valence-electron chi connectivity index (χ2n) is 5.32. The Balaban J connectivity index is 2.33. The zero-order valence-corrected chi connectivity index (χ0v) is 12.7. The molecule has 106 valence electrons. The fourth-order valence-electron chi connectivity index (χ4n) is 1.57. The van der Waals surface area contributed by atoms with Gasteiger partial charge in [0.05, 0.1) is 0 Å². The van der Waals surface area contributed by atoms with E-state index in [1.54, 1.807) is 24.7 Å². The summed E-state index contributed by atoms with van der Waals surface area (Å²) in [6, 6.07) is 3.52. The van der Waals surface area contributed by atoms with E-state index in [0.717, 1.165) is 5.69 Å². The van der Waals surface area contributed by atoms with Crippen LogP contribution in [0, 0.1) is 0 Å². The lowest BCUT2D eigenvalue weighted by molar-refractivity contribution is 0.102. The summed E-state index contributed by atoms with van der Waals surface area (Å²) in [4.78, 5) is 16.7. The van der Waals surface area contributed by atoms with E-state index in [2.05, 4.69) is 46.6 Å². The Kier molecular flexibility index (Phi) is 3.99. The molecule has 7 heteroatoms. The highest BCUT2D eigenvalue weighted by Gasteiger charge is 2.19. The van der Waals surface area contributed by atoms with E-state index in [9.17, 15) is 4.79 Å². The molecule has 0 unspecified atom stereocenters. The molecule has 2 heterocycles. The molecule has 6 nitrogen and oxygen atoms in total. The minimum Gasteiger partial charge on any atom is -0.373 e. The van der Waals surface area contributed by atoms with E-state index in [1.165, 1.54) is 11.3 Å². The lowest BCUT2D eigenvalue weighted by Crippen LogP contribution is -2.18. The minimum atomic E-state index is -0.217. The van der Waals surface area contributed by atoms with Gasteiger partial charge in [0.25, 0.3) is 5.91 Å². The zero-order chi connectivity index (χ0) is 14.8. The first kappa shape index (κ1) is 14.4.